The first-order chi connectivity index (χ1) is 9.43. The van der Waals surface area contributed by atoms with Gasteiger partial charge in [0, 0.05) is 16.1 Å². The summed E-state index contributed by atoms with van der Waals surface area (Å²) >= 11 is 21.5. The molecular formula is C14H10BrCl3O2. The molecule has 6 heteroatoms. The third-order valence-electron chi connectivity index (χ3n) is 2.83. The van der Waals surface area contributed by atoms with Gasteiger partial charge in [0.15, 0.2) is 0 Å². The molecule has 0 fully saturated rings. The van der Waals surface area contributed by atoms with Crippen molar-refractivity contribution in [3.05, 3.63) is 61.0 Å². The maximum absolute atomic E-state index is 10.4. The fraction of sp³-hybridized carbons (Fsp3) is 0.143. The predicted octanol–water partition coefficient (Wildman–Crippen LogP) is 5.50. The summed E-state index contributed by atoms with van der Waals surface area (Å²) in [4.78, 5) is 0. The van der Waals surface area contributed by atoms with Gasteiger partial charge in [-0.25, -0.2) is 0 Å². The number of halogens is 4. The SMILES string of the molecule is COc1cc(Cl)c(C(O)c2ccc(Cl)c(Br)c2)cc1Cl. The third-order valence-corrected chi connectivity index (χ3v) is 4.66. The molecule has 0 aliphatic carbocycles. The van der Waals surface area contributed by atoms with Crippen LogP contribution >= 0.6 is 50.7 Å². The summed E-state index contributed by atoms with van der Waals surface area (Å²) < 4.78 is 5.78. The van der Waals surface area contributed by atoms with Crippen molar-refractivity contribution in [1.29, 1.82) is 0 Å². The van der Waals surface area contributed by atoms with Crippen LogP contribution in [-0.2, 0) is 0 Å². The fourth-order valence-electron chi connectivity index (χ4n) is 1.77. The quantitative estimate of drug-likeness (QED) is 0.742. The Morgan fingerprint density at radius 2 is 1.75 bits per heavy atom. The average molecular weight is 396 g/mol. The monoisotopic (exact) mass is 394 g/mol. The second-order valence-corrected chi connectivity index (χ2v) is 6.16. The summed E-state index contributed by atoms with van der Waals surface area (Å²) in [6.07, 6.45) is -0.903. The summed E-state index contributed by atoms with van der Waals surface area (Å²) in [5.41, 5.74) is 1.16. The fourth-order valence-corrected chi connectivity index (χ4v) is 2.79. The zero-order valence-electron chi connectivity index (χ0n) is 10.3. The minimum atomic E-state index is -0.903. The topological polar surface area (TPSA) is 29.5 Å². The van der Waals surface area contributed by atoms with Gasteiger partial charge in [-0.3, -0.25) is 0 Å². The Labute approximate surface area is 140 Å². The van der Waals surface area contributed by atoms with Crippen molar-refractivity contribution in [3.63, 3.8) is 0 Å². The lowest BCUT2D eigenvalue weighted by Gasteiger charge is -2.15. The molecule has 2 rings (SSSR count). The van der Waals surface area contributed by atoms with Crippen LogP contribution in [-0.4, -0.2) is 12.2 Å². The van der Waals surface area contributed by atoms with Gasteiger partial charge in [-0.05, 0) is 39.7 Å². The highest BCUT2D eigenvalue weighted by molar-refractivity contribution is 9.10. The minimum absolute atomic E-state index is 0.379. The Morgan fingerprint density at radius 3 is 2.35 bits per heavy atom. The molecule has 0 heterocycles. The molecule has 0 aliphatic heterocycles. The smallest absolute Gasteiger partial charge is 0.138 e. The Kier molecular flexibility index (Phi) is 5.21. The molecule has 1 atom stereocenters. The van der Waals surface area contributed by atoms with E-state index < -0.39 is 6.10 Å². The zero-order valence-corrected chi connectivity index (χ0v) is 14.2. The van der Waals surface area contributed by atoms with E-state index in [4.69, 9.17) is 39.5 Å². The minimum Gasteiger partial charge on any atom is -0.495 e. The second-order valence-electron chi connectivity index (χ2n) is 4.08. The lowest BCUT2D eigenvalue weighted by molar-refractivity contribution is 0.220. The Balaban J connectivity index is 2.45. The number of hydrogen-bond donors (Lipinski definition) is 1. The van der Waals surface area contributed by atoms with E-state index in [9.17, 15) is 5.11 Å². The van der Waals surface area contributed by atoms with Crippen LogP contribution in [0, 0.1) is 0 Å². The van der Waals surface area contributed by atoms with Gasteiger partial charge in [0.1, 0.15) is 11.9 Å². The van der Waals surface area contributed by atoms with Gasteiger partial charge >= 0.3 is 0 Å². The van der Waals surface area contributed by atoms with Crippen LogP contribution in [0.2, 0.25) is 15.1 Å². The summed E-state index contributed by atoms with van der Waals surface area (Å²) in [6.45, 7) is 0. The molecule has 2 nitrogen and oxygen atoms in total. The van der Waals surface area contributed by atoms with E-state index in [1.807, 2.05) is 0 Å². The molecule has 2 aromatic rings. The average Bonchev–Trinajstić information content (AvgIpc) is 2.43. The molecular weight excluding hydrogens is 386 g/mol. The van der Waals surface area contributed by atoms with Gasteiger partial charge in [-0.2, -0.15) is 0 Å². The molecule has 0 amide bonds. The van der Waals surface area contributed by atoms with E-state index in [-0.39, 0.29) is 0 Å². The van der Waals surface area contributed by atoms with E-state index in [2.05, 4.69) is 15.9 Å². The van der Waals surface area contributed by atoms with Crippen LogP contribution in [0.4, 0.5) is 0 Å². The van der Waals surface area contributed by atoms with Crippen LogP contribution < -0.4 is 4.74 Å². The van der Waals surface area contributed by atoms with E-state index in [1.165, 1.54) is 7.11 Å². The van der Waals surface area contributed by atoms with Crippen LogP contribution in [0.1, 0.15) is 17.2 Å². The normalized spacial score (nSPS) is 12.3. The summed E-state index contributed by atoms with van der Waals surface area (Å²) in [5.74, 6) is 0.463. The summed E-state index contributed by atoms with van der Waals surface area (Å²) in [5, 5.41) is 11.8. The van der Waals surface area contributed by atoms with Crippen molar-refractivity contribution in [1.82, 2.24) is 0 Å². The van der Waals surface area contributed by atoms with Crippen molar-refractivity contribution in [2.24, 2.45) is 0 Å². The number of methoxy groups -OCH3 is 1. The number of rotatable bonds is 3. The van der Waals surface area contributed by atoms with Gasteiger partial charge in [0.2, 0.25) is 0 Å². The molecule has 1 N–H and O–H groups in total. The maximum Gasteiger partial charge on any atom is 0.138 e. The van der Waals surface area contributed by atoms with Gasteiger partial charge in [0.05, 0.1) is 22.2 Å². The molecule has 0 spiro atoms. The molecule has 2 aromatic carbocycles. The molecule has 0 aliphatic rings. The van der Waals surface area contributed by atoms with Crippen LogP contribution in [0.3, 0.4) is 0 Å². The van der Waals surface area contributed by atoms with Crippen LogP contribution in [0.5, 0.6) is 5.75 Å². The second kappa shape index (κ2) is 6.54. The lowest BCUT2D eigenvalue weighted by Crippen LogP contribution is -2.01. The molecule has 0 saturated carbocycles. The predicted molar refractivity (Wildman–Crippen MR) is 86.2 cm³/mol. The first-order valence-electron chi connectivity index (χ1n) is 5.60. The number of benzene rings is 2. The first-order valence-corrected chi connectivity index (χ1v) is 7.52. The van der Waals surface area contributed by atoms with E-state index in [1.54, 1.807) is 30.3 Å². The number of hydrogen-bond acceptors (Lipinski definition) is 2. The van der Waals surface area contributed by atoms with Crippen molar-refractivity contribution < 1.29 is 9.84 Å². The highest BCUT2D eigenvalue weighted by Crippen LogP contribution is 2.37. The van der Waals surface area contributed by atoms with Crippen molar-refractivity contribution in [2.75, 3.05) is 7.11 Å². The molecule has 1 unspecified atom stereocenters. The van der Waals surface area contributed by atoms with E-state index in [0.29, 0.717) is 36.4 Å². The number of ether oxygens (including phenoxy) is 1. The molecule has 0 aromatic heterocycles. The van der Waals surface area contributed by atoms with Gasteiger partial charge in [0.25, 0.3) is 0 Å². The Hall–Kier alpha value is -0.450. The summed E-state index contributed by atoms with van der Waals surface area (Å²) in [6, 6.07) is 8.33. The number of aliphatic hydroxyl groups is 1. The highest BCUT2D eigenvalue weighted by atomic mass is 79.9. The van der Waals surface area contributed by atoms with Crippen molar-refractivity contribution >= 4 is 50.7 Å². The van der Waals surface area contributed by atoms with Gasteiger partial charge in [-0.15, -0.1) is 0 Å². The standard InChI is InChI=1S/C14H10BrCl3O2/c1-20-13-6-11(17)8(5-12(13)18)14(19)7-2-3-10(16)9(15)4-7/h2-6,14,19H,1H3. The third kappa shape index (κ3) is 3.23. The van der Waals surface area contributed by atoms with Crippen molar-refractivity contribution in [2.45, 2.75) is 6.10 Å². The highest BCUT2D eigenvalue weighted by Gasteiger charge is 2.17. The van der Waals surface area contributed by atoms with Crippen LogP contribution in [0.25, 0.3) is 0 Å². The maximum atomic E-state index is 10.4. The molecule has 0 radical (unpaired) electrons. The molecule has 0 saturated heterocycles. The van der Waals surface area contributed by atoms with Gasteiger partial charge < -0.3 is 9.84 Å². The molecule has 20 heavy (non-hydrogen) atoms. The zero-order chi connectivity index (χ0) is 14.9. The Bertz CT molecular complexity index is 647. The first kappa shape index (κ1) is 15.9. The van der Waals surface area contributed by atoms with E-state index >= 15 is 0 Å². The Morgan fingerprint density at radius 1 is 1.05 bits per heavy atom. The van der Waals surface area contributed by atoms with Crippen molar-refractivity contribution in [3.8, 4) is 5.75 Å². The van der Waals surface area contributed by atoms with Gasteiger partial charge in [-0.1, -0.05) is 40.9 Å². The largest absolute Gasteiger partial charge is 0.495 e. The van der Waals surface area contributed by atoms with E-state index in [0.717, 1.165) is 0 Å². The molecule has 106 valence electrons. The number of aliphatic hydroxyl groups excluding tert-OH is 1. The van der Waals surface area contributed by atoms with Crippen LogP contribution in [0.15, 0.2) is 34.8 Å². The summed E-state index contributed by atoms with van der Waals surface area (Å²) in [7, 11) is 1.50. The lowest BCUT2D eigenvalue weighted by atomic mass is 10.0. The molecule has 0 bridgehead atoms.